The van der Waals surface area contributed by atoms with E-state index in [-0.39, 0.29) is 6.10 Å². The Balaban J connectivity index is 2.34. The number of nitrogens with zero attached hydrogens (tertiary/aromatic N) is 1. The number of nitriles is 1. The summed E-state index contributed by atoms with van der Waals surface area (Å²) in [6.07, 6.45) is -0.324. The quantitative estimate of drug-likeness (QED) is 0.758. The van der Waals surface area contributed by atoms with Gasteiger partial charge in [-0.25, -0.2) is 0 Å². The van der Waals surface area contributed by atoms with E-state index in [1.54, 1.807) is 18.3 Å². The second-order valence-corrected chi connectivity index (χ2v) is 3.89. The molecule has 70 valence electrons. The lowest BCUT2D eigenvalue weighted by molar-refractivity contribution is 0.191. The van der Waals surface area contributed by atoms with Crippen LogP contribution in [0.2, 0.25) is 0 Å². The van der Waals surface area contributed by atoms with Crippen LogP contribution in [0, 0.1) is 11.3 Å². The number of rotatable bonds is 4. The molecule has 0 bridgehead atoms. The van der Waals surface area contributed by atoms with Crippen molar-refractivity contribution in [2.45, 2.75) is 19.6 Å². The molecule has 2 N–H and O–H groups in total. The average Bonchev–Trinajstić information content (AvgIpc) is 2.52. The van der Waals surface area contributed by atoms with Crippen molar-refractivity contribution in [3.05, 3.63) is 21.9 Å². The molecule has 0 aliphatic rings. The van der Waals surface area contributed by atoms with E-state index in [4.69, 9.17) is 10.4 Å². The minimum absolute atomic E-state index is 0.324. The maximum Gasteiger partial charge on any atom is 0.100 e. The van der Waals surface area contributed by atoms with E-state index < -0.39 is 0 Å². The Hall–Kier alpha value is -0.890. The van der Waals surface area contributed by atoms with Crippen LogP contribution in [-0.2, 0) is 6.54 Å². The normalized spacial score (nSPS) is 12.4. The highest BCUT2D eigenvalue weighted by Gasteiger charge is 1.99. The predicted octanol–water partition coefficient (Wildman–Crippen LogP) is 1.09. The highest BCUT2D eigenvalue weighted by Crippen LogP contribution is 2.12. The van der Waals surface area contributed by atoms with Gasteiger partial charge in [-0.1, -0.05) is 0 Å². The molecule has 0 aliphatic carbocycles. The van der Waals surface area contributed by atoms with Crippen molar-refractivity contribution in [2.75, 3.05) is 6.54 Å². The molecule has 1 rings (SSSR count). The van der Waals surface area contributed by atoms with E-state index >= 15 is 0 Å². The summed E-state index contributed by atoms with van der Waals surface area (Å²) in [6, 6.07) is 3.94. The van der Waals surface area contributed by atoms with Gasteiger partial charge < -0.3 is 10.4 Å². The van der Waals surface area contributed by atoms with Crippen molar-refractivity contribution >= 4 is 11.3 Å². The van der Waals surface area contributed by atoms with E-state index in [0.717, 1.165) is 11.4 Å². The molecule has 3 nitrogen and oxygen atoms in total. The van der Waals surface area contributed by atoms with Crippen molar-refractivity contribution in [3.8, 4) is 6.07 Å². The van der Waals surface area contributed by atoms with E-state index in [2.05, 4.69) is 11.4 Å². The Morgan fingerprint density at radius 3 is 3.08 bits per heavy atom. The van der Waals surface area contributed by atoms with Gasteiger partial charge in [0, 0.05) is 23.3 Å². The highest BCUT2D eigenvalue weighted by atomic mass is 32.1. The lowest BCUT2D eigenvalue weighted by Gasteiger charge is -2.04. The minimum Gasteiger partial charge on any atom is -0.392 e. The molecule has 0 aliphatic heterocycles. The third kappa shape index (κ3) is 3.55. The number of nitrogens with one attached hydrogen (secondary N) is 1. The predicted molar refractivity (Wildman–Crippen MR) is 52.4 cm³/mol. The molecule has 0 saturated heterocycles. The number of aliphatic hydroxyl groups is 1. The monoisotopic (exact) mass is 196 g/mol. The molecule has 0 amide bonds. The van der Waals surface area contributed by atoms with Gasteiger partial charge in [0.25, 0.3) is 0 Å². The fraction of sp³-hybridized carbons (Fsp3) is 0.444. The molecule has 0 spiro atoms. The molecule has 13 heavy (non-hydrogen) atoms. The molecule has 0 fully saturated rings. The number of hydrogen-bond donors (Lipinski definition) is 2. The zero-order chi connectivity index (χ0) is 9.68. The summed E-state index contributed by atoms with van der Waals surface area (Å²) in [5.41, 5.74) is 0.707. The summed E-state index contributed by atoms with van der Waals surface area (Å²) in [5.74, 6) is 0. The Morgan fingerprint density at radius 2 is 2.54 bits per heavy atom. The molecule has 0 saturated carbocycles. The molecule has 0 unspecified atom stereocenters. The van der Waals surface area contributed by atoms with Gasteiger partial charge in [0.05, 0.1) is 11.7 Å². The van der Waals surface area contributed by atoms with Gasteiger partial charge in [-0.15, -0.1) is 11.3 Å². The standard InChI is InChI=1S/C9H12N2OS/c1-7(12)4-11-5-9-2-8(3-10)6-13-9/h2,6-7,11-12H,4-5H2,1H3/t7-/m1/s1. The van der Waals surface area contributed by atoms with Crippen molar-refractivity contribution in [2.24, 2.45) is 0 Å². The molecule has 0 radical (unpaired) electrons. The van der Waals surface area contributed by atoms with Gasteiger partial charge in [0.1, 0.15) is 6.07 Å². The maximum absolute atomic E-state index is 8.97. The Labute approximate surface area is 81.6 Å². The third-order valence-corrected chi connectivity index (χ3v) is 2.46. The molecular formula is C9H12N2OS. The van der Waals surface area contributed by atoms with Gasteiger partial charge in [0.15, 0.2) is 0 Å². The van der Waals surface area contributed by atoms with Gasteiger partial charge >= 0.3 is 0 Å². The summed E-state index contributed by atoms with van der Waals surface area (Å²) >= 11 is 1.56. The van der Waals surface area contributed by atoms with Crippen LogP contribution in [0.4, 0.5) is 0 Å². The van der Waals surface area contributed by atoms with Crippen LogP contribution in [0.15, 0.2) is 11.4 Å². The highest BCUT2D eigenvalue weighted by molar-refractivity contribution is 7.10. The second kappa shape index (κ2) is 4.97. The van der Waals surface area contributed by atoms with Crippen LogP contribution in [0.1, 0.15) is 17.4 Å². The van der Waals surface area contributed by atoms with Gasteiger partial charge in [-0.2, -0.15) is 5.26 Å². The largest absolute Gasteiger partial charge is 0.392 e. The lowest BCUT2D eigenvalue weighted by Crippen LogP contribution is -2.23. The van der Waals surface area contributed by atoms with E-state index in [1.165, 1.54) is 0 Å². The fourth-order valence-electron chi connectivity index (χ4n) is 0.936. The smallest absolute Gasteiger partial charge is 0.100 e. The fourth-order valence-corrected chi connectivity index (χ4v) is 1.72. The topological polar surface area (TPSA) is 56.0 Å². The maximum atomic E-state index is 8.97. The van der Waals surface area contributed by atoms with Gasteiger partial charge in [-0.3, -0.25) is 0 Å². The van der Waals surface area contributed by atoms with Crippen LogP contribution in [-0.4, -0.2) is 17.8 Å². The molecule has 1 heterocycles. The molecule has 1 aromatic rings. The van der Waals surface area contributed by atoms with Crippen LogP contribution in [0.25, 0.3) is 0 Å². The molecule has 0 aromatic carbocycles. The summed E-state index contributed by atoms with van der Waals surface area (Å²) < 4.78 is 0. The summed E-state index contributed by atoms with van der Waals surface area (Å²) in [6.45, 7) is 3.04. The number of hydrogen-bond acceptors (Lipinski definition) is 4. The van der Waals surface area contributed by atoms with Crippen molar-refractivity contribution in [3.63, 3.8) is 0 Å². The van der Waals surface area contributed by atoms with Crippen LogP contribution >= 0.6 is 11.3 Å². The molecular weight excluding hydrogens is 184 g/mol. The Kier molecular flexibility index (Phi) is 3.90. The molecule has 1 aromatic heterocycles. The SMILES string of the molecule is C[C@@H](O)CNCc1cc(C#N)cs1. The zero-order valence-electron chi connectivity index (χ0n) is 7.45. The van der Waals surface area contributed by atoms with Gasteiger partial charge in [0.2, 0.25) is 0 Å². The van der Waals surface area contributed by atoms with E-state index in [9.17, 15) is 0 Å². The first-order chi connectivity index (χ1) is 6.22. The first kappa shape index (κ1) is 10.2. The van der Waals surface area contributed by atoms with Crippen LogP contribution in [0.3, 0.4) is 0 Å². The van der Waals surface area contributed by atoms with Crippen molar-refractivity contribution in [1.82, 2.24) is 5.32 Å². The summed E-state index contributed by atoms with van der Waals surface area (Å²) in [4.78, 5) is 1.12. The lowest BCUT2D eigenvalue weighted by atomic mass is 10.3. The first-order valence-electron chi connectivity index (χ1n) is 4.08. The Bertz CT molecular complexity index is 301. The number of aliphatic hydroxyl groups excluding tert-OH is 1. The molecule has 4 heteroatoms. The first-order valence-corrected chi connectivity index (χ1v) is 4.96. The van der Waals surface area contributed by atoms with Gasteiger partial charge in [-0.05, 0) is 13.0 Å². The number of thiophene rings is 1. The Morgan fingerprint density at radius 1 is 1.77 bits per heavy atom. The van der Waals surface area contributed by atoms with Crippen molar-refractivity contribution in [1.29, 1.82) is 5.26 Å². The minimum atomic E-state index is -0.324. The summed E-state index contributed by atoms with van der Waals surface area (Å²) in [7, 11) is 0. The van der Waals surface area contributed by atoms with E-state index in [1.807, 2.05) is 11.4 Å². The van der Waals surface area contributed by atoms with Crippen LogP contribution < -0.4 is 5.32 Å². The third-order valence-electron chi connectivity index (χ3n) is 1.52. The average molecular weight is 196 g/mol. The summed E-state index contributed by atoms with van der Waals surface area (Å²) in [5, 5.41) is 22.5. The molecule has 1 atom stereocenters. The van der Waals surface area contributed by atoms with Crippen LogP contribution in [0.5, 0.6) is 0 Å². The van der Waals surface area contributed by atoms with Crippen molar-refractivity contribution < 1.29 is 5.11 Å². The van der Waals surface area contributed by atoms with E-state index in [0.29, 0.717) is 12.1 Å². The zero-order valence-corrected chi connectivity index (χ0v) is 8.27. The second-order valence-electron chi connectivity index (χ2n) is 2.89.